The first kappa shape index (κ1) is 11.6. The van der Waals surface area contributed by atoms with Crippen LogP contribution in [0.5, 0.6) is 0 Å². The molecule has 3 N–H and O–H groups in total. The maximum absolute atomic E-state index is 5.87. The second kappa shape index (κ2) is 4.57. The minimum atomic E-state index is 0.737. The monoisotopic (exact) mass is 230 g/mol. The number of aryl methyl sites for hydroxylation is 2. The molecule has 0 saturated heterocycles. The molecule has 0 aliphatic rings. The number of aromatic nitrogens is 3. The van der Waals surface area contributed by atoms with Crippen molar-refractivity contribution in [3.63, 3.8) is 0 Å². The molecule has 0 fully saturated rings. The van der Waals surface area contributed by atoms with E-state index in [9.17, 15) is 0 Å². The summed E-state index contributed by atoms with van der Waals surface area (Å²) in [6.45, 7) is 6.24. The van der Waals surface area contributed by atoms with E-state index in [1.165, 1.54) is 11.1 Å². The highest BCUT2D eigenvalue weighted by molar-refractivity contribution is 5.67. The Labute approximate surface area is 101 Å². The number of nitrogen functional groups attached to an aromatic ring is 1. The van der Waals surface area contributed by atoms with E-state index in [-0.39, 0.29) is 0 Å². The van der Waals surface area contributed by atoms with Crippen LogP contribution >= 0.6 is 0 Å². The van der Waals surface area contributed by atoms with Gasteiger partial charge in [-0.1, -0.05) is 6.92 Å². The average Bonchev–Trinajstić information content (AvgIpc) is 2.72. The average molecular weight is 230 g/mol. The van der Waals surface area contributed by atoms with Gasteiger partial charge in [0, 0.05) is 17.7 Å². The molecule has 17 heavy (non-hydrogen) atoms. The van der Waals surface area contributed by atoms with Crippen molar-refractivity contribution in [2.45, 2.75) is 33.6 Å². The molecule has 0 unspecified atom stereocenters. The van der Waals surface area contributed by atoms with E-state index in [1.807, 2.05) is 12.1 Å². The van der Waals surface area contributed by atoms with E-state index in [2.05, 4.69) is 36.0 Å². The molecular formula is C13H18N4. The fourth-order valence-corrected chi connectivity index (χ4v) is 1.88. The predicted molar refractivity (Wildman–Crippen MR) is 69.7 cm³/mol. The van der Waals surface area contributed by atoms with Crippen LogP contribution < -0.4 is 5.73 Å². The van der Waals surface area contributed by atoms with Crippen molar-refractivity contribution >= 4 is 5.69 Å². The van der Waals surface area contributed by atoms with Gasteiger partial charge < -0.3 is 5.73 Å². The third-order valence-corrected chi connectivity index (χ3v) is 2.95. The largest absolute Gasteiger partial charge is 0.399 e. The highest BCUT2D eigenvalue weighted by Gasteiger charge is 2.10. The molecule has 0 saturated carbocycles. The molecule has 0 spiro atoms. The summed E-state index contributed by atoms with van der Waals surface area (Å²) in [5.41, 5.74) is 9.98. The molecule has 1 heterocycles. The second-order valence-electron chi connectivity index (χ2n) is 4.37. The highest BCUT2D eigenvalue weighted by Crippen LogP contribution is 2.25. The van der Waals surface area contributed by atoms with Crippen LogP contribution in [-0.4, -0.2) is 15.2 Å². The number of anilines is 1. The first-order valence-corrected chi connectivity index (χ1v) is 5.90. The van der Waals surface area contributed by atoms with E-state index < -0.39 is 0 Å². The Bertz CT molecular complexity index is 528. The Hall–Kier alpha value is -1.84. The van der Waals surface area contributed by atoms with E-state index in [1.54, 1.807) is 0 Å². The summed E-state index contributed by atoms with van der Waals surface area (Å²) in [7, 11) is 0. The van der Waals surface area contributed by atoms with Crippen molar-refractivity contribution in [2.75, 3.05) is 5.73 Å². The number of hydrogen-bond donors (Lipinski definition) is 2. The van der Waals surface area contributed by atoms with E-state index in [4.69, 9.17) is 5.73 Å². The number of nitrogens with one attached hydrogen (secondary N) is 1. The quantitative estimate of drug-likeness (QED) is 0.796. The molecule has 90 valence electrons. The Morgan fingerprint density at radius 2 is 2.06 bits per heavy atom. The maximum Gasteiger partial charge on any atom is 0.181 e. The van der Waals surface area contributed by atoms with Crippen molar-refractivity contribution < 1.29 is 0 Å². The van der Waals surface area contributed by atoms with E-state index in [0.717, 1.165) is 35.7 Å². The number of nitrogens with two attached hydrogens (primary N) is 1. The number of aromatic amines is 1. The summed E-state index contributed by atoms with van der Waals surface area (Å²) in [6.07, 6.45) is 1.98. The van der Waals surface area contributed by atoms with Gasteiger partial charge in [0.25, 0.3) is 0 Å². The van der Waals surface area contributed by atoms with Crippen molar-refractivity contribution in [3.05, 3.63) is 29.1 Å². The van der Waals surface area contributed by atoms with Gasteiger partial charge >= 0.3 is 0 Å². The lowest BCUT2D eigenvalue weighted by atomic mass is 10.0. The van der Waals surface area contributed by atoms with Gasteiger partial charge in [-0.05, 0) is 43.5 Å². The second-order valence-corrected chi connectivity index (χ2v) is 4.37. The SMILES string of the molecule is CCCc1nc(-c2cc(N)cc(C)c2C)n[nH]1. The summed E-state index contributed by atoms with van der Waals surface area (Å²) in [6, 6.07) is 3.90. The van der Waals surface area contributed by atoms with Crippen LogP contribution in [0.25, 0.3) is 11.4 Å². The number of nitrogens with zero attached hydrogens (tertiary/aromatic N) is 2. The van der Waals surface area contributed by atoms with Crippen LogP contribution in [0, 0.1) is 13.8 Å². The lowest BCUT2D eigenvalue weighted by molar-refractivity contribution is 0.841. The first-order valence-electron chi connectivity index (χ1n) is 5.90. The fourth-order valence-electron chi connectivity index (χ4n) is 1.88. The van der Waals surface area contributed by atoms with Gasteiger partial charge in [0.05, 0.1) is 0 Å². The zero-order valence-electron chi connectivity index (χ0n) is 10.5. The normalized spacial score (nSPS) is 10.8. The van der Waals surface area contributed by atoms with Gasteiger partial charge in [0.2, 0.25) is 0 Å². The van der Waals surface area contributed by atoms with Gasteiger partial charge in [-0.3, -0.25) is 5.10 Å². The Balaban J connectivity index is 2.44. The molecule has 0 amide bonds. The van der Waals surface area contributed by atoms with Gasteiger partial charge in [-0.25, -0.2) is 4.98 Å². The van der Waals surface area contributed by atoms with E-state index >= 15 is 0 Å². The lowest BCUT2D eigenvalue weighted by Gasteiger charge is -2.06. The van der Waals surface area contributed by atoms with E-state index in [0.29, 0.717) is 0 Å². The number of hydrogen-bond acceptors (Lipinski definition) is 3. The molecule has 4 heteroatoms. The standard InChI is InChI=1S/C13H18N4/c1-4-5-12-15-13(17-16-12)11-7-10(14)6-8(2)9(11)3/h6-7H,4-5,14H2,1-3H3,(H,15,16,17). The molecule has 0 bridgehead atoms. The summed E-state index contributed by atoms with van der Waals surface area (Å²) in [4.78, 5) is 4.49. The molecule has 4 nitrogen and oxygen atoms in total. The third-order valence-electron chi connectivity index (χ3n) is 2.95. The smallest absolute Gasteiger partial charge is 0.181 e. The predicted octanol–water partition coefficient (Wildman–Crippen LogP) is 2.62. The zero-order valence-corrected chi connectivity index (χ0v) is 10.5. The van der Waals surface area contributed by atoms with Crippen molar-refractivity contribution in [1.29, 1.82) is 0 Å². The molecule has 2 rings (SSSR count). The van der Waals surface area contributed by atoms with Crippen molar-refractivity contribution in [3.8, 4) is 11.4 Å². The van der Waals surface area contributed by atoms with Gasteiger partial charge in [-0.15, -0.1) is 0 Å². The fraction of sp³-hybridized carbons (Fsp3) is 0.385. The number of rotatable bonds is 3. The third kappa shape index (κ3) is 2.30. The van der Waals surface area contributed by atoms with Crippen LogP contribution in [0.1, 0.15) is 30.3 Å². The Morgan fingerprint density at radius 1 is 1.29 bits per heavy atom. The molecule has 0 aliphatic carbocycles. The molecule has 0 aliphatic heterocycles. The van der Waals surface area contributed by atoms with Crippen molar-refractivity contribution in [1.82, 2.24) is 15.2 Å². The number of H-pyrrole nitrogens is 1. The molecule has 1 aromatic carbocycles. The van der Waals surface area contributed by atoms with Gasteiger partial charge in [0.1, 0.15) is 5.82 Å². The molecular weight excluding hydrogens is 212 g/mol. The maximum atomic E-state index is 5.87. The molecule has 2 aromatic rings. The Kier molecular flexibility index (Phi) is 3.13. The number of benzene rings is 1. The van der Waals surface area contributed by atoms with Gasteiger partial charge in [-0.2, -0.15) is 5.10 Å². The lowest BCUT2D eigenvalue weighted by Crippen LogP contribution is -1.94. The molecule has 1 aromatic heterocycles. The molecule has 0 radical (unpaired) electrons. The zero-order chi connectivity index (χ0) is 12.4. The van der Waals surface area contributed by atoms with Crippen LogP contribution in [0.3, 0.4) is 0 Å². The minimum absolute atomic E-state index is 0.737. The Morgan fingerprint density at radius 3 is 2.76 bits per heavy atom. The summed E-state index contributed by atoms with van der Waals surface area (Å²) < 4.78 is 0. The summed E-state index contributed by atoms with van der Waals surface area (Å²) in [5.74, 6) is 1.67. The van der Waals surface area contributed by atoms with Gasteiger partial charge in [0.15, 0.2) is 5.82 Å². The minimum Gasteiger partial charge on any atom is -0.399 e. The van der Waals surface area contributed by atoms with Crippen LogP contribution in [0.2, 0.25) is 0 Å². The summed E-state index contributed by atoms with van der Waals surface area (Å²) >= 11 is 0. The highest BCUT2D eigenvalue weighted by atomic mass is 15.2. The molecule has 0 atom stereocenters. The van der Waals surface area contributed by atoms with Crippen LogP contribution in [0.15, 0.2) is 12.1 Å². The summed E-state index contributed by atoms with van der Waals surface area (Å²) in [5, 5.41) is 7.23. The topological polar surface area (TPSA) is 67.6 Å². The van der Waals surface area contributed by atoms with Crippen LogP contribution in [0.4, 0.5) is 5.69 Å². The van der Waals surface area contributed by atoms with Crippen LogP contribution in [-0.2, 0) is 6.42 Å². The van der Waals surface area contributed by atoms with Crippen molar-refractivity contribution in [2.24, 2.45) is 0 Å². The first-order chi connectivity index (χ1) is 8.11.